The molecular formula is C16H18N4O3S2. The third-order valence-corrected chi connectivity index (χ3v) is 6.06. The fourth-order valence-electron chi connectivity index (χ4n) is 2.83. The van der Waals surface area contributed by atoms with Crippen LogP contribution in [0, 0.1) is 0 Å². The van der Waals surface area contributed by atoms with Crippen LogP contribution in [0.15, 0.2) is 22.6 Å². The molecule has 3 rings (SSSR count). The van der Waals surface area contributed by atoms with Gasteiger partial charge in [0, 0.05) is 11.4 Å². The molecule has 2 aromatic rings. The molecule has 2 heterocycles. The monoisotopic (exact) mass is 378 g/mol. The maximum absolute atomic E-state index is 12.9. The maximum atomic E-state index is 12.9. The molecular weight excluding hydrogens is 360 g/mol. The van der Waals surface area contributed by atoms with E-state index in [1.807, 2.05) is 0 Å². The Kier molecular flexibility index (Phi) is 5.24. The van der Waals surface area contributed by atoms with Gasteiger partial charge in [-0.2, -0.15) is 0 Å². The van der Waals surface area contributed by atoms with Crippen molar-refractivity contribution in [2.45, 2.75) is 31.0 Å². The number of amides is 2. The molecule has 0 spiro atoms. The maximum Gasteiger partial charge on any atom is 0.263 e. The molecule has 0 atom stereocenters. The van der Waals surface area contributed by atoms with Crippen LogP contribution in [0.25, 0.3) is 10.2 Å². The molecule has 0 saturated carbocycles. The first-order valence-electron chi connectivity index (χ1n) is 7.85. The lowest BCUT2D eigenvalue weighted by atomic mass is 10.2. The van der Waals surface area contributed by atoms with Crippen molar-refractivity contribution in [2.24, 2.45) is 5.73 Å². The van der Waals surface area contributed by atoms with Crippen LogP contribution < -0.4 is 16.6 Å². The molecule has 25 heavy (non-hydrogen) atoms. The Labute approximate surface area is 152 Å². The van der Waals surface area contributed by atoms with Gasteiger partial charge in [-0.05, 0) is 24.8 Å². The summed E-state index contributed by atoms with van der Waals surface area (Å²) in [6, 6.07) is 0. The van der Waals surface area contributed by atoms with Gasteiger partial charge < -0.3 is 11.1 Å². The van der Waals surface area contributed by atoms with Crippen molar-refractivity contribution in [3.05, 3.63) is 33.4 Å². The van der Waals surface area contributed by atoms with Gasteiger partial charge in [0.05, 0.1) is 17.7 Å². The smallest absolute Gasteiger partial charge is 0.263 e. The zero-order valence-electron chi connectivity index (χ0n) is 13.5. The van der Waals surface area contributed by atoms with E-state index in [9.17, 15) is 14.4 Å². The Bertz CT molecular complexity index is 916. The van der Waals surface area contributed by atoms with Crippen molar-refractivity contribution in [3.8, 4) is 0 Å². The summed E-state index contributed by atoms with van der Waals surface area (Å²) in [6.07, 6.45) is 4.63. The second kappa shape index (κ2) is 7.40. The molecule has 132 valence electrons. The zero-order chi connectivity index (χ0) is 18.0. The lowest BCUT2D eigenvalue weighted by molar-refractivity contribution is -0.123. The minimum atomic E-state index is -0.602. The fourth-order valence-corrected chi connectivity index (χ4v) is 4.97. The predicted octanol–water partition coefficient (Wildman–Crippen LogP) is 0.826. The number of carbonyl (C=O) groups is 2. The number of aryl methyl sites for hydroxylation is 2. The van der Waals surface area contributed by atoms with E-state index >= 15 is 0 Å². The Balaban J connectivity index is 1.90. The third kappa shape index (κ3) is 3.62. The molecule has 0 aliphatic heterocycles. The fraction of sp³-hybridized carbons (Fsp3) is 0.375. The second-order valence-corrected chi connectivity index (χ2v) is 7.69. The van der Waals surface area contributed by atoms with Gasteiger partial charge in [-0.3, -0.25) is 19.0 Å². The van der Waals surface area contributed by atoms with Gasteiger partial charge in [0.2, 0.25) is 11.8 Å². The molecule has 1 aliphatic carbocycles. The Morgan fingerprint density at radius 1 is 1.44 bits per heavy atom. The first kappa shape index (κ1) is 17.7. The van der Waals surface area contributed by atoms with E-state index in [-0.39, 0.29) is 23.8 Å². The molecule has 0 aromatic carbocycles. The average Bonchev–Trinajstić information content (AvgIpc) is 3.14. The Hall–Kier alpha value is -2.13. The van der Waals surface area contributed by atoms with Crippen LogP contribution in [0.2, 0.25) is 0 Å². The highest BCUT2D eigenvalue weighted by molar-refractivity contribution is 7.99. The molecule has 0 radical (unpaired) electrons. The number of primary amides is 1. The summed E-state index contributed by atoms with van der Waals surface area (Å²) in [5.41, 5.74) is 6.05. The van der Waals surface area contributed by atoms with Gasteiger partial charge >= 0.3 is 0 Å². The lowest BCUT2D eigenvalue weighted by Gasteiger charge is -2.10. The highest BCUT2D eigenvalue weighted by Gasteiger charge is 2.23. The highest BCUT2D eigenvalue weighted by Crippen LogP contribution is 2.35. The van der Waals surface area contributed by atoms with Gasteiger partial charge in [0.15, 0.2) is 5.16 Å². The van der Waals surface area contributed by atoms with E-state index in [1.54, 1.807) is 22.0 Å². The summed E-state index contributed by atoms with van der Waals surface area (Å²) in [5, 5.41) is 3.61. The minimum Gasteiger partial charge on any atom is -0.368 e. The van der Waals surface area contributed by atoms with Crippen molar-refractivity contribution in [1.29, 1.82) is 0 Å². The number of fused-ring (bicyclic) bond motifs is 3. The van der Waals surface area contributed by atoms with Crippen LogP contribution in [0.1, 0.15) is 16.9 Å². The average molecular weight is 378 g/mol. The normalized spacial score (nSPS) is 13.0. The minimum absolute atomic E-state index is 0.0491. The summed E-state index contributed by atoms with van der Waals surface area (Å²) in [7, 11) is 0. The summed E-state index contributed by atoms with van der Waals surface area (Å²) in [6.45, 7) is 3.82. The van der Waals surface area contributed by atoms with Gasteiger partial charge in [-0.1, -0.05) is 17.8 Å². The molecule has 2 amide bonds. The van der Waals surface area contributed by atoms with E-state index in [4.69, 9.17) is 5.73 Å². The summed E-state index contributed by atoms with van der Waals surface area (Å²) in [5.74, 6) is -0.889. The van der Waals surface area contributed by atoms with E-state index in [2.05, 4.69) is 16.9 Å². The van der Waals surface area contributed by atoms with Gasteiger partial charge in [-0.15, -0.1) is 17.9 Å². The number of nitrogens with one attached hydrogen (secondary N) is 1. The van der Waals surface area contributed by atoms with Crippen LogP contribution in [0.3, 0.4) is 0 Å². The summed E-state index contributed by atoms with van der Waals surface area (Å²) >= 11 is 2.73. The lowest BCUT2D eigenvalue weighted by Crippen LogP contribution is -2.34. The van der Waals surface area contributed by atoms with Gasteiger partial charge in [0.1, 0.15) is 4.83 Å². The quantitative estimate of drug-likeness (QED) is 0.421. The summed E-state index contributed by atoms with van der Waals surface area (Å²) in [4.78, 5) is 42.0. The van der Waals surface area contributed by atoms with Crippen molar-refractivity contribution < 1.29 is 9.59 Å². The van der Waals surface area contributed by atoms with Crippen LogP contribution in [-0.2, 0) is 29.0 Å². The molecule has 2 aromatic heterocycles. The molecule has 1 aliphatic rings. The number of nitrogens with two attached hydrogens (primary N) is 1. The van der Waals surface area contributed by atoms with E-state index < -0.39 is 5.91 Å². The molecule has 0 saturated heterocycles. The Morgan fingerprint density at radius 3 is 2.96 bits per heavy atom. The van der Waals surface area contributed by atoms with Gasteiger partial charge in [0.25, 0.3) is 5.56 Å². The number of thiophene rings is 1. The summed E-state index contributed by atoms with van der Waals surface area (Å²) < 4.78 is 1.55. The second-order valence-electron chi connectivity index (χ2n) is 5.67. The molecule has 7 nitrogen and oxygen atoms in total. The number of hydrogen-bond donors (Lipinski definition) is 2. The first-order valence-corrected chi connectivity index (χ1v) is 9.65. The Morgan fingerprint density at radius 2 is 2.24 bits per heavy atom. The topological polar surface area (TPSA) is 107 Å². The molecule has 0 fully saturated rings. The van der Waals surface area contributed by atoms with E-state index in [0.29, 0.717) is 17.1 Å². The van der Waals surface area contributed by atoms with Crippen molar-refractivity contribution in [3.63, 3.8) is 0 Å². The van der Waals surface area contributed by atoms with Crippen molar-refractivity contribution in [2.75, 3.05) is 12.3 Å². The molecule has 0 unspecified atom stereocenters. The first-order chi connectivity index (χ1) is 12.0. The zero-order valence-corrected chi connectivity index (χ0v) is 15.2. The highest BCUT2D eigenvalue weighted by atomic mass is 32.2. The van der Waals surface area contributed by atoms with Crippen molar-refractivity contribution in [1.82, 2.24) is 14.9 Å². The van der Waals surface area contributed by atoms with Crippen LogP contribution in [0.4, 0.5) is 0 Å². The van der Waals surface area contributed by atoms with Crippen molar-refractivity contribution >= 4 is 45.1 Å². The molecule has 3 N–H and O–H groups in total. The van der Waals surface area contributed by atoms with Gasteiger partial charge in [-0.25, -0.2) is 4.98 Å². The number of carbonyl (C=O) groups excluding carboxylic acids is 2. The number of aromatic nitrogens is 2. The SMILES string of the molecule is C=CCn1c(SCC(=O)NCC(N)=O)nc2sc3c(c2c1=O)CCC3. The number of thioether (sulfide) groups is 1. The van der Waals surface area contributed by atoms with E-state index in [0.717, 1.165) is 41.4 Å². The third-order valence-electron chi connectivity index (χ3n) is 3.89. The number of rotatable bonds is 7. The standard InChI is InChI=1S/C16H18N4O3S2/c1-2-6-20-15(23)13-9-4-3-5-10(9)25-14(13)19-16(20)24-8-12(22)18-7-11(17)21/h2H,1,3-8H2,(H2,17,21)(H,18,22). The number of allylic oxidation sites excluding steroid dienone is 1. The van der Waals surface area contributed by atoms with Crippen LogP contribution >= 0.6 is 23.1 Å². The number of nitrogens with zero attached hydrogens (tertiary/aromatic N) is 2. The predicted molar refractivity (Wildman–Crippen MR) is 99.0 cm³/mol. The van der Waals surface area contributed by atoms with Crippen LogP contribution in [0.5, 0.6) is 0 Å². The van der Waals surface area contributed by atoms with E-state index in [1.165, 1.54) is 4.88 Å². The number of hydrogen-bond acceptors (Lipinski definition) is 6. The molecule has 9 heteroatoms. The largest absolute Gasteiger partial charge is 0.368 e. The van der Waals surface area contributed by atoms with Crippen LogP contribution in [-0.4, -0.2) is 33.7 Å². The molecule has 0 bridgehead atoms.